The van der Waals surface area contributed by atoms with Gasteiger partial charge in [0, 0.05) is 85.5 Å². The van der Waals surface area contributed by atoms with Crippen molar-refractivity contribution in [2.24, 2.45) is 7.05 Å². The van der Waals surface area contributed by atoms with E-state index < -0.39 is 11.5 Å². The monoisotopic (exact) mass is 966 g/mol. The number of carbonyl (C=O) groups is 1. The minimum Gasteiger partial charge on any atom is -0.489 e. The Labute approximate surface area is 409 Å². The molecule has 1 N–H and O–H groups in total. The van der Waals surface area contributed by atoms with Crippen molar-refractivity contribution in [1.29, 1.82) is 0 Å². The fraction of sp³-hybridized carbons (Fsp3) is 0.491. The van der Waals surface area contributed by atoms with Crippen LogP contribution in [0.4, 0.5) is 15.0 Å². The molecular formula is C53H59FN10O7. The van der Waals surface area contributed by atoms with Crippen LogP contribution in [0.5, 0.6) is 11.5 Å². The molecule has 4 aliphatic heterocycles. The van der Waals surface area contributed by atoms with Gasteiger partial charge < -0.3 is 33.9 Å². The standard InChI is InChI=1S/C53H59FN10O7/c1-29-37(54)23-38-36(24-57-64(38)39-8-6-7-19-69-39)40(29)42-41(32-13-14-32)45(71-35-15-20-68-21-16-35)43-44(58-50(53(2,3)4)59-47(43)61-26-34-22-33(61)27-62(34)52(66)67)46(42)70-28-31-11-9-30(10-12-31)25-63-49-48(55-17-18-56-49)60(5)51(63)65/h9-12,17-18,23-24,32-35,39H,6-8,13-16,19-22,25-28H2,1-5H3,(H,66,67)/t33-,34-,39?/m0/s1. The van der Waals surface area contributed by atoms with Crippen molar-refractivity contribution in [2.75, 3.05) is 37.8 Å². The maximum absolute atomic E-state index is 17.0. The topological polar surface area (TPSA) is 177 Å². The van der Waals surface area contributed by atoms with E-state index in [2.05, 4.69) is 35.6 Å². The first kappa shape index (κ1) is 45.5. The van der Waals surface area contributed by atoms with Crippen LogP contribution in [0.25, 0.3) is 44.2 Å². The Kier molecular flexibility index (Phi) is 11.3. The molecule has 5 fully saturated rings. The second-order valence-electron chi connectivity index (χ2n) is 21.1. The van der Waals surface area contributed by atoms with Crippen molar-refractivity contribution in [2.45, 2.75) is 128 Å². The van der Waals surface area contributed by atoms with E-state index >= 15 is 4.39 Å². The lowest BCUT2D eigenvalue weighted by Crippen LogP contribution is -2.48. The highest BCUT2D eigenvalue weighted by Gasteiger charge is 2.48. The van der Waals surface area contributed by atoms with Gasteiger partial charge in [-0.2, -0.15) is 5.10 Å². The van der Waals surface area contributed by atoms with Gasteiger partial charge in [0.15, 0.2) is 23.3 Å². The van der Waals surface area contributed by atoms with Crippen molar-refractivity contribution in [3.05, 3.63) is 93.3 Å². The minimum atomic E-state index is -0.917. The molecule has 1 aliphatic carbocycles. The molecule has 71 heavy (non-hydrogen) atoms. The van der Waals surface area contributed by atoms with Crippen LogP contribution < -0.4 is 20.1 Å². The fourth-order valence-electron chi connectivity index (χ4n) is 11.3. The lowest BCUT2D eigenvalue weighted by Gasteiger charge is -2.36. The number of imidazole rings is 1. The van der Waals surface area contributed by atoms with Crippen molar-refractivity contribution < 1.29 is 33.2 Å². The number of likely N-dealkylation sites (tertiary alicyclic amines) is 1. The molecule has 1 saturated carbocycles. The van der Waals surface area contributed by atoms with Crippen molar-refractivity contribution in [3.63, 3.8) is 0 Å². The fourth-order valence-corrected chi connectivity index (χ4v) is 11.3. The van der Waals surface area contributed by atoms with Crippen LogP contribution >= 0.6 is 0 Å². The number of nitrogens with zero attached hydrogens (tertiary/aromatic N) is 10. The average molecular weight is 967 g/mol. The molecule has 8 heterocycles. The number of carboxylic acid groups (broad SMARTS) is 1. The molecule has 1 amide bonds. The SMILES string of the molecule is Cc1c(F)cc2c(cnn2C2CCCCO2)c1-c1c(C2CC2)c(OC2CCOCC2)c2c(N3C[C@@H]4C[C@H]3CN4C(=O)O)nc(C(C)(C)C)nc2c1OCc1ccc(Cn2c(=O)n(C)c3nccnc32)cc1. The number of hydrogen-bond donors (Lipinski definition) is 1. The number of hydrogen-bond acceptors (Lipinski definition) is 12. The molecular weight excluding hydrogens is 908 g/mol. The van der Waals surface area contributed by atoms with Crippen LogP contribution in [0.2, 0.25) is 0 Å². The summed E-state index contributed by atoms with van der Waals surface area (Å²) in [6.45, 7) is 11.1. The van der Waals surface area contributed by atoms with Crippen LogP contribution in [0, 0.1) is 12.7 Å². The molecule has 3 atom stereocenters. The zero-order valence-corrected chi connectivity index (χ0v) is 40.9. The summed E-state index contributed by atoms with van der Waals surface area (Å²) in [4.78, 5) is 49.3. The van der Waals surface area contributed by atoms with E-state index in [1.165, 1.54) is 4.57 Å². The number of fused-ring (bicyclic) bond motifs is 5. The highest BCUT2D eigenvalue weighted by molar-refractivity contribution is 6.09. The van der Waals surface area contributed by atoms with Gasteiger partial charge in [0.25, 0.3) is 0 Å². The van der Waals surface area contributed by atoms with Gasteiger partial charge in [-0.1, -0.05) is 45.0 Å². The van der Waals surface area contributed by atoms with Gasteiger partial charge in [-0.3, -0.25) is 9.13 Å². The van der Waals surface area contributed by atoms with E-state index in [1.54, 1.807) is 35.0 Å². The zero-order valence-electron chi connectivity index (χ0n) is 40.9. The van der Waals surface area contributed by atoms with Gasteiger partial charge in [0.1, 0.15) is 41.4 Å². The number of halogens is 1. The molecule has 4 aromatic heterocycles. The first-order valence-electron chi connectivity index (χ1n) is 25.1. The van der Waals surface area contributed by atoms with Crippen LogP contribution in [0.1, 0.15) is 112 Å². The molecule has 5 aliphatic rings. The summed E-state index contributed by atoms with van der Waals surface area (Å²) in [6.07, 6.45) is 10.1. The van der Waals surface area contributed by atoms with Crippen molar-refractivity contribution in [3.8, 4) is 22.6 Å². The molecule has 0 radical (unpaired) electrons. The summed E-state index contributed by atoms with van der Waals surface area (Å²) in [6, 6.07) is 9.25. The number of ether oxygens (including phenoxy) is 4. The maximum atomic E-state index is 17.0. The molecule has 370 valence electrons. The predicted molar refractivity (Wildman–Crippen MR) is 264 cm³/mol. The summed E-state index contributed by atoms with van der Waals surface area (Å²) in [7, 11) is 1.69. The number of piperazine rings is 1. The van der Waals surface area contributed by atoms with E-state index in [-0.39, 0.29) is 48.4 Å². The van der Waals surface area contributed by atoms with E-state index in [1.807, 2.05) is 42.1 Å². The number of rotatable bonds is 11. The summed E-state index contributed by atoms with van der Waals surface area (Å²) in [5.41, 5.74) is 6.03. The number of aromatic nitrogens is 8. The molecule has 4 saturated heterocycles. The summed E-state index contributed by atoms with van der Waals surface area (Å²) < 4.78 is 48.8. The van der Waals surface area contributed by atoms with E-state index in [0.29, 0.717) is 115 Å². The summed E-state index contributed by atoms with van der Waals surface area (Å²) in [5.74, 6) is 2.13. The lowest BCUT2D eigenvalue weighted by molar-refractivity contribution is -0.0366. The number of aryl methyl sites for hydroxylation is 1. The van der Waals surface area contributed by atoms with Crippen LogP contribution in [-0.2, 0) is 35.1 Å². The Hall–Kier alpha value is -6.66. The van der Waals surface area contributed by atoms with Gasteiger partial charge in [-0.15, -0.1) is 0 Å². The maximum Gasteiger partial charge on any atom is 0.407 e. The van der Waals surface area contributed by atoms with Crippen LogP contribution in [0.3, 0.4) is 0 Å². The van der Waals surface area contributed by atoms with Gasteiger partial charge in [0.2, 0.25) is 0 Å². The second-order valence-corrected chi connectivity index (χ2v) is 21.1. The predicted octanol–water partition coefficient (Wildman–Crippen LogP) is 8.54. The minimum absolute atomic E-state index is 0.0511. The highest BCUT2D eigenvalue weighted by Crippen LogP contribution is 2.59. The van der Waals surface area contributed by atoms with Crippen molar-refractivity contribution in [1.82, 2.24) is 43.8 Å². The Morgan fingerprint density at radius 2 is 1.68 bits per heavy atom. The quantitative estimate of drug-likeness (QED) is 0.131. The largest absolute Gasteiger partial charge is 0.489 e. The second kappa shape index (κ2) is 17.6. The smallest absolute Gasteiger partial charge is 0.407 e. The molecule has 7 aromatic rings. The van der Waals surface area contributed by atoms with E-state index in [9.17, 15) is 14.7 Å². The third-order valence-electron chi connectivity index (χ3n) is 15.2. The molecule has 1 unspecified atom stereocenters. The van der Waals surface area contributed by atoms with E-state index in [4.69, 9.17) is 34.0 Å². The van der Waals surface area contributed by atoms with Crippen molar-refractivity contribution >= 4 is 45.0 Å². The molecule has 17 nitrogen and oxygen atoms in total. The normalized spacial score (nSPS) is 20.8. The third-order valence-corrected chi connectivity index (χ3v) is 15.2. The number of anilines is 1. The summed E-state index contributed by atoms with van der Waals surface area (Å²) in [5, 5.41) is 16.6. The number of amides is 1. The molecule has 12 rings (SSSR count). The van der Waals surface area contributed by atoms with Gasteiger partial charge in [-0.25, -0.2) is 38.6 Å². The number of benzene rings is 3. The first-order valence-corrected chi connectivity index (χ1v) is 25.1. The van der Waals surface area contributed by atoms with Crippen LogP contribution in [0.15, 0.2) is 53.7 Å². The Balaban J connectivity index is 1.08. The van der Waals surface area contributed by atoms with Gasteiger partial charge in [0.05, 0.1) is 48.9 Å². The Morgan fingerprint density at radius 1 is 0.915 bits per heavy atom. The van der Waals surface area contributed by atoms with Crippen LogP contribution in [-0.4, -0.2) is 106 Å². The van der Waals surface area contributed by atoms with Gasteiger partial charge in [-0.05, 0) is 68.1 Å². The first-order chi connectivity index (χ1) is 34.3. The molecule has 18 heteroatoms. The van der Waals surface area contributed by atoms with Gasteiger partial charge >= 0.3 is 11.8 Å². The molecule has 2 bridgehead atoms. The summed E-state index contributed by atoms with van der Waals surface area (Å²) >= 11 is 0. The average Bonchev–Trinajstić information content (AvgIpc) is 3.67. The lowest BCUT2D eigenvalue weighted by atomic mass is 9.87. The molecule has 0 spiro atoms. The zero-order chi connectivity index (χ0) is 48.9. The highest BCUT2D eigenvalue weighted by atomic mass is 19.1. The Bertz CT molecular complexity index is 3290. The van der Waals surface area contributed by atoms with E-state index in [0.717, 1.165) is 65.1 Å². The Morgan fingerprint density at radius 3 is 2.37 bits per heavy atom. The molecule has 3 aromatic carbocycles. The third kappa shape index (κ3) is 7.93.